The van der Waals surface area contributed by atoms with Crippen LogP contribution in [0.1, 0.15) is 11.3 Å². The maximum Gasteiger partial charge on any atom is 0.433 e. The van der Waals surface area contributed by atoms with E-state index in [1.807, 2.05) is 30.3 Å². The Morgan fingerprint density at radius 1 is 1.11 bits per heavy atom. The number of hydrogen-bond donors (Lipinski definition) is 1. The molecule has 2 N–H and O–H groups in total. The molecule has 19 heavy (non-hydrogen) atoms. The van der Waals surface area contributed by atoms with Gasteiger partial charge in [0.1, 0.15) is 5.69 Å². The van der Waals surface area contributed by atoms with Gasteiger partial charge < -0.3 is 5.73 Å². The lowest BCUT2D eigenvalue weighted by Crippen LogP contribution is -2.32. The van der Waals surface area contributed by atoms with E-state index in [4.69, 9.17) is 5.73 Å². The molecule has 2 rings (SSSR count). The number of nitrogens with zero attached hydrogens (tertiary/aromatic N) is 1. The van der Waals surface area contributed by atoms with Gasteiger partial charge in [-0.15, -0.1) is 0 Å². The lowest BCUT2D eigenvalue weighted by atomic mass is 9.66. The highest BCUT2D eigenvalue weighted by Gasteiger charge is 2.33. The van der Waals surface area contributed by atoms with E-state index in [-0.39, 0.29) is 6.54 Å². The summed E-state index contributed by atoms with van der Waals surface area (Å²) in [5, 5.41) is 0. The van der Waals surface area contributed by atoms with E-state index >= 15 is 0 Å². The molecule has 0 saturated carbocycles. The highest BCUT2D eigenvalue weighted by molar-refractivity contribution is 6.66. The van der Waals surface area contributed by atoms with Gasteiger partial charge in [0.05, 0.1) is 0 Å². The third-order valence-corrected chi connectivity index (χ3v) is 2.69. The average Bonchev–Trinajstić information content (AvgIpc) is 2.38. The minimum absolute atomic E-state index is 0.0629. The number of aromatic nitrogens is 1. The Hall–Kier alpha value is -1.82. The summed E-state index contributed by atoms with van der Waals surface area (Å²) in [7, 11) is 0.359. The Bertz CT molecular complexity index is 556. The van der Waals surface area contributed by atoms with Crippen molar-refractivity contribution in [1.82, 2.24) is 4.98 Å². The summed E-state index contributed by atoms with van der Waals surface area (Å²) in [6.45, 7) is 0.0629. The SMILES string of the molecule is NCc1cc(Bc2ccccc2)nc(C(F)(F)F)c1. The van der Waals surface area contributed by atoms with Crippen LogP contribution in [0.5, 0.6) is 0 Å². The van der Waals surface area contributed by atoms with Gasteiger partial charge in [-0.2, -0.15) is 13.2 Å². The summed E-state index contributed by atoms with van der Waals surface area (Å²) in [5.74, 6) is 0. The van der Waals surface area contributed by atoms with Gasteiger partial charge in [0.25, 0.3) is 0 Å². The van der Waals surface area contributed by atoms with Crippen molar-refractivity contribution in [3.05, 3.63) is 53.7 Å². The second-order valence-electron chi connectivity index (χ2n) is 4.22. The van der Waals surface area contributed by atoms with Crippen molar-refractivity contribution < 1.29 is 13.2 Å². The van der Waals surface area contributed by atoms with Crippen LogP contribution in [0, 0.1) is 0 Å². The van der Waals surface area contributed by atoms with Crippen LogP contribution >= 0.6 is 0 Å². The molecule has 1 aromatic heterocycles. The first-order chi connectivity index (χ1) is 8.99. The Balaban J connectivity index is 2.35. The molecular weight excluding hydrogens is 252 g/mol. The molecule has 0 bridgehead atoms. The summed E-state index contributed by atoms with van der Waals surface area (Å²) in [4.78, 5) is 3.67. The van der Waals surface area contributed by atoms with Crippen molar-refractivity contribution in [2.45, 2.75) is 12.7 Å². The van der Waals surface area contributed by atoms with Crippen LogP contribution in [0.15, 0.2) is 42.5 Å². The van der Waals surface area contributed by atoms with Crippen LogP contribution in [0.4, 0.5) is 13.2 Å². The summed E-state index contributed by atoms with van der Waals surface area (Å²) in [5.41, 5.74) is 6.27. The van der Waals surface area contributed by atoms with Gasteiger partial charge in [-0.05, 0) is 17.7 Å². The molecule has 0 spiro atoms. The molecule has 0 amide bonds. The number of pyridine rings is 1. The fourth-order valence-corrected chi connectivity index (χ4v) is 1.81. The van der Waals surface area contributed by atoms with Crippen LogP contribution in [0.25, 0.3) is 0 Å². The second kappa shape index (κ2) is 5.44. The van der Waals surface area contributed by atoms with Gasteiger partial charge >= 0.3 is 6.18 Å². The molecule has 0 unspecified atom stereocenters. The number of nitrogens with two attached hydrogens (primary N) is 1. The summed E-state index contributed by atoms with van der Waals surface area (Å²) < 4.78 is 38.2. The fraction of sp³-hybridized carbons (Fsp3) is 0.154. The van der Waals surface area contributed by atoms with E-state index < -0.39 is 11.9 Å². The van der Waals surface area contributed by atoms with E-state index in [0.717, 1.165) is 11.5 Å². The van der Waals surface area contributed by atoms with Crippen molar-refractivity contribution >= 4 is 18.3 Å². The normalized spacial score (nSPS) is 11.4. The van der Waals surface area contributed by atoms with Crippen molar-refractivity contribution in [2.75, 3.05) is 0 Å². The minimum Gasteiger partial charge on any atom is -0.326 e. The average molecular weight is 264 g/mol. The maximum absolute atomic E-state index is 12.7. The first kappa shape index (κ1) is 13.6. The Morgan fingerprint density at radius 3 is 2.37 bits per heavy atom. The van der Waals surface area contributed by atoms with Gasteiger partial charge in [0, 0.05) is 12.1 Å². The molecular formula is C13H12BF3N2. The lowest BCUT2D eigenvalue weighted by Gasteiger charge is -2.10. The molecule has 0 aliphatic heterocycles. The zero-order valence-electron chi connectivity index (χ0n) is 10.1. The number of hydrogen-bond acceptors (Lipinski definition) is 2. The largest absolute Gasteiger partial charge is 0.433 e. The predicted octanol–water partition coefficient (Wildman–Crippen LogP) is 0.946. The van der Waals surface area contributed by atoms with Gasteiger partial charge in [0.2, 0.25) is 7.28 Å². The number of alkyl halides is 3. The smallest absolute Gasteiger partial charge is 0.326 e. The third kappa shape index (κ3) is 3.57. The van der Waals surface area contributed by atoms with Crippen molar-refractivity contribution in [3.8, 4) is 0 Å². The third-order valence-electron chi connectivity index (χ3n) is 2.69. The molecule has 0 atom stereocenters. The molecule has 1 heterocycles. The van der Waals surface area contributed by atoms with Crippen LogP contribution in [-0.2, 0) is 12.7 Å². The lowest BCUT2D eigenvalue weighted by molar-refractivity contribution is -0.141. The van der Waals surface area contributed by atoms with Crippen LogP contribution in [0.3, 0.4) is 0 Å². The Kier molecular flexibility index (Phi) is 3.90. The molecule has 0 aliphatic carbocycles. The monoisotopic (exact) mass is 264 g/mol. The number of rotatable bonds is 3. The number of benzene rings is 1. The van der Waals surface area contributed by atoms with Crippen molar-refractivity contribution in [3.63, 3.8) is 0 Å². The van der Waals surface area contributed by atoms with Crippen LogP contribution in [0.2, 0.25) is 0 Å². The highest BCUT2D eigenvalue weighted by atomic mass is 19.4. The predicted molar refractivity (Wildman–Crippen MR) is 70.0 cm³/mol. The Labute approximate surface area is 109 Å². The topological polar surface area (TPSA) is 38.9 Å². The van der Waals surface area contributed by atoms with E-state index in [1.54, 1.807) is 6.07 Å². The molecule has 0 fully saturated rings. The zero-order chi connectivity index (χ0) is 13.9. The molecule has 6 heteroatoms. The molecule has 2 aromatic rings. The maximum atomic E-state index is 12.7. The van der Waals surface area contributed by atoms with Crippen molar-refractivity contribution in [2.24, 2.45) is 5.73 Å². The first-order valence-electron chi connectivity index (χ1n) is 5.80. The van der Waals surface area contributed by atoms with Crippen LogP contribution < -0.4 is 16.8 Å². The first-order valence-corrected chi connectivity index (χ1v) is 5.80. The minimum atomic E-state index is -4.45. The van der Waals surface area contributed by atoms with E-state index in [9.17, 15) is 13.2 Å². The second-order valence-corrected chi connectivity index (χ2v) is 4.22. The summed E-state index contributed by atoms with van der Waals surface area (Å²) >= 11 is 0. The van der Waals surface area contributed by atoms with E-state index in [2.05, 4.69) is 4.98 Å². The van der Waals surface area contributed by atoms with E-state index in [1.165, 1.54) is 0 Å². The highest BCUT2D eigenvalue weighted by Crippen LogP contribution is 2.27. The zero-order valence-corrected chi connectivity index (χ0v) is 10.1. The Morgan fingerprint density at radius 2 is 1.79 bits per heavy atom. The van der Waals surface area contributed by atoms with Gasteiger partial charge in [-0.3, -0.25) is 4.98 Å². The van der Waals surface area contributed by atoms with Gasteiger partial charge in [-0.25, -0.2) is 0 Å². The molecule has 0 saturated heterocycles. The van der Waals surface area contributed by atoms with Crippen LogP contribution in [-0.4, -0.2) is 12.3 Å². The summed E-state index contributed by atoms with van der Waals surface area (Å²) in [6.07, 6.45) is -4.45. The molecule has 0 radical (unpaired) electrons. The standard InChI is InChI=1S/C13H12BF3N2/c15-13(16,17)11-6-9(8-18)7-12(19-11)14-10-4-2-1-3-5-10/h1-7,14H,8,18H2. The molecule has 98 valence electrons. The van der Waals surface area contributed by atoms with Gasteiger partial charge in [-0.1, -0.05) is 35.8 Å². The fourth-order valence-electron chi connectivity index (χ4n) is 1.81. The van der Waals surface area contributed by atoms with E-state index in [0.29, 0.717) is 18.4 Å². The molecule has 2 nitrogen and oxygen atoms in total. The van der Waals surface area contributed by atoms with Crippen molar-refractivity contribution in [1.29, 1.82) is 0 Å². The molecule has 1 aromatic carbocycles. The summed E-state index contributed by atoms with van der Waals surface area (Å²) in [6, 6.07) is 11.8. The number of halogens is 3. The quantitative estimate of drug-likeness (QED) is 0.838. The van der Waals surface area contributed by atoms with Gasteiger partial charge in [0.15, 0.2) is 0 Å². The molecule has 0 aliphatic rings.